The van der Waals surface area contributed by atoms with Gasteiger partial charge in [-0.3, -0.25) is 9.48 Å². The quantitative estimate of drug-likeness (QED) is 0.850. The number of aromatic nitrogens is 4. The number of carbonyl (C=O) groups is 1. The summed E-state index contributed by atoms with van der Waals surface area (Å²) in [7, 11) is 3.50. The molecular weight excluding hydrogens is 280 g/mol. The Hall–Kier alpha value is -2.18. The summed E-state index contributed by atoms with van der Waals surface area (Å²) < 4.78 is 1.72. The highest BCUT2D eigenvalue weighted by atomic mass is 16.2. The second kappa shape index (κ2) is 6.72. The largest absolute Gasteiger partial charge is 0.358 e. The molecule has 7 nitrogen and oxygen atoms in total. The minimum Gasteiger partial charge on any atom is -0.358 e. The molecule has 2 rings (SSSR count). The Morgan fingerprint density at radius 1 is 1.36 bits per heavy atom. The monoisotopic (exact) mass is 304 g/mol. The van der Waals surface area contributed by atoms with Crippen molar-refractivity contribution in [2.75, 3.05) is 12.4 Å². The van der Waals surface area contributed by atoms with Crippen LogP contribution in [0.5, 0.6) is 0 Å². The van der Waals surface area contributed by atoms with Crippen LogP contribution in [0.3, 0.4) is 0 Å². The average molecular weight is 304 g/mol. The molecule has 22 heavy (non-hydrogen) atoms. The van der Waals surface area contributed by atoms with Crippen LogP contribution in [0.15, 0.2) is 6.20 Å². The van der Waals surface area contributed by atoms with Gasteiger partial charge in [0.15, 0.2) is 5.65 Å². The molecule has 0 saturated heterocycles. The number of nitrogens with one attached hydrogen (secondary N) is 2. The molecule has 0 saturated carbocycles. The minimum absolute atomic E-state index is 0.0383. The van der Waals surface area contributed by atoms with E-state index >= 15 is 0 Å². The molecule has 2 heterocycles. The third kappa shape index (κ3) is 3.18. The van der Waals surface area contributed by atoms with Crippen molar-refractivity contribution < 1.29 is 4.79 Å². The van der Waals surface area contributed by atoms with Crippen LogP contribution in [0.2, 0.25) is 0 Å². The van der Waals surface area contributed by atoms with Crippen LogP contribution < -0.4 is 10.6 Å². The normalized spacial score (nSPS) is 12.6. The number of aryl methyl sites for hydroxylation is 1. The van der Waals surface area contributed by atoms with Crippen molar-refractivity contribution >= 4 is 22.8 Å². The van der Waals surface area contributed by atoms with Crippen LogP contribution in [0.4, 0.5) is 5.82 Å². The van der Waals surface area contributed by atoms with Crippen molar-refractivity contribution in [3.05, 3.63) is 12.0 Å². The average Bonchev–Trinajstić information content (AvgIpc) is 2.87. The molecule has 0 aliphatic heterocycles. The highest BCUT2D eigenvalue weighted by Crippen LogP contribution is 2.23. The number of rotatable bonds is 6. The van der Waals surface area contributed by atoms with Crippen LogP contribution in [0.1, 0.15) is 45.4 Å². The maximum atomic E-state index is 12.0. The van der Waals surface area contributed by atoms with Crippen LogP contribution in [0, 0.1) is 0 Å². The zero-order valence-electron chi connectivity index (χ0n) is 13.8. The molecule has 0 fully saturated rings. The number of anilines is 1. The topological polar surface area (TPSA) is 84.7 Å². The smallest absolute Gasteiger partial charge is 0.242 e. The molecule has 0 spiro atoms. The first-order chi connectivity index (χ1) is 10.5. The lowest BCUT2D eigenvalue weighted by Gasteiger charge is -2.18. The Labute approximate surface area is 130 Å². The Morgan fingerprint density at radius 3 is 2.68 bits per heavy atom. The lowest BCUT2D eigenvalue weighted by molar-refractivity contribution is -0.121. The van der Waals surface area contributed by atoms with Crippen LogP contribution >= 0.6 is 0 Å². The van der Waals surface area contributed by atoms with Crippen LogP contribution in [0.25, 0.3) is 11.0 Å². The molecule has 0 aliphatic carbocycles. The third-order valence-electron chi connectivity index (χ3n) is 3.58. The second-order valence-corrected chi connectivity index (χ2v) is 5.69. The van der Waals surface area contributed by atoms with Crippen molar-refractivity contribution in [2.45, 2.75) is 45.6 Å². The predicted octanol–water partition coefficient (Wildman–Crippen LogP) is 1.81. The van der Waals surface area contributed by atoms with Gasteiger partial charge in [0.1, 0.15) is 17.7 Å². The van der Waals surface area contributed by atoms with Gasteiger partial charge in [-0.2, -0.15) is 5.10 Å². The SMILES string of the molecule is CCCC(Nc1nc(C(C)C)nc2c1cnn2C)C(=O)NC. The van der Waals surface area contributed by atoms with Gasteiger partial charge in [-0.15, -0.1) is 0 Å². The van der Waals surface area contributed by atoms with Gasteiger partial charge >= 0.3 is 0 Å². The first-order valence-corrected chi connectivity index (χ1v) is 7.65. The number of hydrogen-bond donors (Lipinski definition) is 2. The zero-order valence-corrected chi connectivity index (χ0v) is 13.8. The van der Waals surface area contributed by atoms with Crippen LogP contribution in [-0.4, -0.2) is 38.7 Å². The van der Waals surface area contributed by atoms with Crippen molar-refractivity contribution in [2.24, 2.45) is 7.05 Å². The Balaban J connectivity index is 2.46. The van der Waals surface area contributed by atoms with E-state index in [9.17, 15) is 4.79 Å². The van der Waals surface area contributed by atoms with Crippen molar-refractivity contribution in [1.82, 2.24) is 25.1 Å². The molecule has 2 aromatic heterocycles. The van der Waals surface area contributed by atoms with E-state index in [1.54, 1.807) is 17.9 Å². The maximum absolute atomic E-state index is 12.0. The number of likely N-dealkylation sites (N-methyl/N-ethyl adjacent to an activating group) is 1. The fourth-order valence-electron chi connectivity index (χ4n) is 2.30. The van der Waals surface area contributed by atoms with Crippen molar-refractivity contribution in [1.29, 1.82) is 0 Å². The van der Waals surface area contributed by atoms with E-state index in [4.69, 9.17) is 0 Å². The van der Waals surface area contributed by atoms with E-state index in [0.29, 0.717) is 5.82 Å². The zero-order chi connectivity index (χ0) is 16.3. The Bertz CT molecular complexity index is 663. The molecule has 1 amide bonds. The van der Waals surface area contributed by atoms with Gasteiger partial charge in [0.2, 0.25) is 5.91 Å². The van der Waals surface area contributed by atoms with Gasteiger partial charge in [-0.05, 0) is 6.42 Å². The fraction of sp³-hybridized carbons (Fsp3) is 0.600. The number of hydrogen-bond acceptors (Lipinski definition) is 5. The van der Waals surface area contributed by atoms with E-state index in [1.807, 2.05) is 20.9 Å². The van der Waals surface area contributed by atoms with E-state index in [1.165, 1.54) is 0 Å². The molecule has 120 valence electrons. The maximum Gasteiger partial charge on any atom is 0.242 e. The fourth-order valence-corrected chi connectivity index (χ4v) is 2.30. The molecule has 2 N–H and O–H groups in total. The Morgan fingerprint density at radius 2 is 2.09 bits per heavy atom. The summed E-state index contributed by atoms with van der Waals surface area (Å²) in [5, 5.41) is 11.0. The highest BCUT2D eigenvalue weighted by Gasteiger charge is 2.20. The number of nitrogens with zero attached hydrogens (tertiary/aromatic N) is 4. The van der Waals surface area contributed by atoms with Crippen LogP contribution in [-0.2, 0) is 11.8 Å². The summed E-state index contributed by atoms with van der Waals surface area (Å²) in [4.78, 5) is 21.2. The standard InChI is InChI=1S/C15H24N6O/c1-6-7-11(15(22)16-4)18-13-10-8-17-21(5)14(10)20-12(19-13)9(2)3/h8-9,11H,6-7H2,1-5H3,(H,16,22)(H,18,19,20). The number of amides is 1. The summed E-state index contributed by atoms with van der Waals surface area (Å²) in [6.07, 6.45) is 3.38. The lowest BCUT2D eigenvalue weighted by Crippen LogP contribution is -2.38. The predicted molar refractivity (Wildman–Crippen MR) is 86.8 cm³/mol. The minimum atomic E-state index is -0.312. The van der Waals surface area contributed by atoms with Crippen molar-refractivity contribution in [3.63, 3.8) is 0 Å². The molecular formula is C15H24N6O. The number of carbonyl (C=O) groups excluding carboxylic acids is 1. The lowest BCUT2D eigenvalue weighted by atomic mass is 10.1. The summed E-state index contributed by atoms with van der Waals surface area (Å²) in [5.74, 6) is 1.57. The van der Waals surface area contributed by atoms with Gasteiger partial charge in [-0.25, -0.2) is 9.97 Å². The molecule has 0 bridgehead atoms. The molecule has 2 aromatic rings. The third-order valence-corrected chi connectivity index (χ3v) is 3.58. The summed E-state index contributed by atoms with van der Waals surface area (Å²) >= 11 is 0. The summed E-state index contributed by atoms with van der Waals surface area (Å²) in [6, 6.07) is -0.312. The molecule has 1 unspecified atom stereocenters. The molecule has 7 heteroatoms. The van der Waals surface area contributed by atoms with E-state index in [0.717, 1.165) is 29.7 Å². The van der Waals surface area contributed by atoms with E-state index in [-0.39, 0.29) is 17.9 Å². The van der Waals surface area contributed by atoms with Gasteiger partial charge in [0.05, 0.1) is 11.6 Å². The summed E-state index contributed by atoms with van der Waals surface area (Å²) in [6.45, 7) is 6.14. The molecule has 0 aliphatic rings. The molecule has 0 radical (unpaired) electrons. The van der Waals surface area contributed by atoms with E-state index in [2.05, 4.69) is 32.6 Å². The van der Waals surface area contributed by atoms with Crippen molar-refractivity contribution in [3.8, 4) is 0 Å². The highest BCUT2D eigenvalue weighted by molar-refractivity contribution is 5.90. The number of fused-ring (bicyclic) bond motifs is 1. The van der Waals surface area contributed by atoms with Gasteiger partial charge < -0.3 is 10.6 Å². The van der Waals surface area contributed by atoms with Gasteiger partial charge in [-0.1, -0.05) is 27.2 Å². The van der Waals surface area contributed by atoms with E-state index < -0.39 is 0 Å². The molecule has 1 atom stereocenters. The first-order valence-electron chi connectivity index (χ1n) is 7.65. The summed E-state index contributed by atoms with van der Waals surface area (Å²) in [5.41, 5.74) is 0.772. The Kier molecular flexibility index (Phi) is 4.95. The first kappa shape index (κ1) is 16.2. The van der Waals surface area contributed by atoms with Gasteiger partial charge in [0, 0.05) is 20.0 Å². The van der Waals surface area contributed by atoms with Gasteiger partial charge in [0.25, 0.3) is 0 Å². The second-order valence-electron chi connectivity index (χ2n) is 5.69. The molecule has 0 aromatic carbocycles.